The molecule has 4 nitrogen and oxygen atoms in total. The SMILES string of the molecule is CCc1ccc2nc(-c3ccc(-c4ccc([C@@H](C)CC)cc4)o3)cc(C(=O)O)c2c1. The maximum absolute atomic E-state index is 11.9. The number of nitrogens with zero attached hydrogens (tertiary/aromatic N) is 1. The number of benzene rings is 2. The Balaban J connectivity index is 1.73. The number of fused-ring (bicyclic) bond motifs is 1. The number of pyridine rings is 1. The normalized spacial score (nSPS) is 12.2. The van der Waals surface area contributed by atoms with Crippen molar-refractivity contribution in [1.82, 2.24) is 4.98 Å². The number of carboxylic acids is 1. The maximum Gasteiger partial charge on any atom is 0.336 e. The number of furan rings is 1. The van der Waals surface area contributed by atoms with Gasteiger partial charge in [0.05, 0.1) is 11.1 Å². The third kappa shape index (κ3) is 3.73. The van der Waals surface area contributed by atoms with Crippen LogP contribution in [0.1, 0.15) is 54.6 Å². The van der Waals surface area contributed by atoms with Crippen molar-refractivity contribution < 1.29 is 14.3 Å². The second kappa shape index (κ2) is 8.15. The quantitative estimate of drug-likeness (QED) is 0.381. The second-order valence-electron chi connectivity index (χ2n) is 7.66. The lowest BCUT2D eigenvalue weighted by atomic mass is 9.97. The van der Waals surface area contributed by atoms with E-state index in [-0.39, 0.29) is 5.56 Å². The van der Waals surface area contributed by atoms with Crippen molar-refractivity contribution in [1.29, 1.82) is 0 Å². The molecule has 0 unspecified atom stereocenters. The molecule has 0 aliphatic heterocycles. The van der Waals surface area contributed by atoms with Crippen LogP contribution < -0.4 is 0 Å². The summed E-state index contributed by atoms with van der Waals surface area (Å²) in [5.41, 5.74) is 4.79. The molecule has 0 saturated heterocycles. The van der Waals surface area contributed by atoms with Gasteiger partial charge in [-0.05, 0) is 60.2 Å². The third-order valence-electron chi connectivity index (χ3n) is 5.75. The Labute approximate surface area is 176 Å². The van der Waals surface area contributed by atoms with Crippen LogP contribution in [0.2, 0.25) is 0 Å². The zero-order valence-corrected chi connectivity index (χ0v) is 17.5. The summed E-state index contributed by atoms with van der Waals surface area (Å²) in [7, 11) is 0. The number of hydrogen-bond acceptors (Lipinski definition) is 3. The summed E-state index contributed by atoms with van der Waals surface area (Å²) in [6.07, 6.45) is 1.94. The first-order chi connectivity index (χ1) is 14.5. The Hall–Kier alpha value is -3.40. The molecule has 0 radical (unpaired) electrons. The zero-order chi connectivity index (χ0) is 21.3. The van der Waals surface area contributed by atoms with Crippen LogP contribution in [0.4, 0.5) is 0 Å². The summed E-state index contributed by atoms with van der Waals surface area (Å²) in [5, 5.41) is 10.4. The van der Waals surface area contributed by atoms with E-state index in [0.29, 0.717) is 28.3 Å². The fraction of sp³-hybridized carbons (Fsp3) is 0.231. The largest absolute Gasteiger partial charge is 0.478 e. The lowest BCUT2D eigenvalue weighted by molar-refractivity contribution is 0.0699. The van der Waals surface area contributed by atoms with E-state index in [2.05, 4.69) is 43.1 Å². The highest BCUT2D eigenvalue weighted by Gasteiger charge is 2.16. The van der Waals surface area contributed by atoms with E-state index < -0.39 is 5.97 Å². The number of hydrogen-bond donors (Lipinski definition) is 1. The fourth-order valence-corrected chi connectivity index (χ4v) is 3.64. The molecule has 4 rings (SSSR count). The molecule has 2 aromatic heterocycles. The summed E-state index contributed by atoms with van der Waals surface area (Å²) in [6.45, 7) is 6.44. The lowest BCUT2D eigenvalue weighted by Crippen LogP contribution is -2.00. The van der Waals surface area contributed by atoms with Gasteiger partial charge in [-0.25, -0.2) is 9.78 Å². The summed E-state index contributed by atoms with van der Waals surface area (Å²) < 4.78 is 6.06. The van der Waals surface area contributed by atoms with Gasteiger partial charge in [0, 0.05) is 10.9 Å². The molecule has 0 aliphatic carbocycles. The van der Waals surface area contributed by atoms with E-state index in [4.69, 9.17) is 4.42 Å². The van der Waals surface area contributed by atoms with Gasteiger partial charge in [0.25, 0.3) is 0 Å². The molecule has 0 spiro atoms. The van der Waals surface area contributed by atoms with Gasteiger partial charge < -0.3 is 9.52 Å². The molecule has 0 aliphatic rings. The summed E-state index contributed by atoms with van der Waals surface area (Å²) in [5.74, 6) is 0.848. The topological polar surface area (TPSA) is 63.3 Å². The highest BCUT2D eigenvalue weighted by atomic mass is 16.4. The molecule has 30 heavy (non-hydrogen) atoms. The van der Waals surface area contributed by atoms with Crippen LogP contribution in [0.3, 0.4) is 0 Å². The van der Waals surface area contributed by atoms with Crippen molar-refractivity contribution in [3.63, 3.8) is 0 Å². The molecule has 2 heterocycles. The zero-order valence-electron chi connectivity index (χ0n) is 17.5. The minimum atomic E-state index is -0.968. The highest BCUT2D eigenvalue weighted by Crippen LogP contribution is 2.31. The van der Waals surface area contributed by atoms with Crippen LogP contribution in [0.25, 0.3) is 33.7 Å². The van der Waals surface area contributed by atoms with Gasteiger partial charge in [0.15, 0.2) is 5.76 Å². The Morgan fingerprint density at radius 2 is 1.73 bits per heavy atom. The van der Waals surface area contributed by atoms with Gasteiger partial charge in [0.2, 0.25) is 0 Å². The molecule has 2 aromatic carbocycles. The molecule has 152 valence electrons. The van der Waals surface area contributed by atoms with Crippen molar-refractivity contribution >= 4 is 16.9 Å². The highest BCUT2D eigenvalue weighted by molar-refractivity contribution is 6.03. The number of aromatic nitrogens is 1. The van der Waals surface area contributed by atoms with Gasteiger partial charge in [-0.3, -0.25) is 0 Å². The number of rotatable bonds is 6. The lowest BCUT2D eigenvalue weighted by Gasteiger charge is -2.09. The van der Waals surface area contributed by atoms with Gasteiger partial charge in [0.1, 0.15) is 11.5 Å². The predicted octanol–water partition coefficient (Wildman–Crippen LogP) is 6.94. The molecule has 4 heteroatoms. The summed E-state index contributed by atoms with van der Waals surface area (Å²) in [4.78, 5) is 16.5. The molecule has 1 atom stereocenters. The number of aryl methyl sites for hydroxylation is 1. The Bertz CT molecular complexity index is 1200. The van der Waals surface area contributed by atoms with E-state index in [1.54, 1.807) is 6.07 Å². The summed E-state index contributed by atoms with van der Waals surface area (Å²) >= 11 is 0. The Kier molecular flexibility index (Phi) is 5.40. The fourth-order valence-electron chi connectivity index (χ4n) is 3.64. The molecule has 4 aromatic rings. The first kappa shape index (κ1) is 19.9. The summed E-state index contributed by atoms with van der Waals surface area (Å²) in [6, 6.07) is 19.5. The molecular formula is C26H25NO3. The molecule has 1 N–H and O–H groups in total. The van der Waals surface area contributed by atoms with Gasteiger partial charge in [-0.2, -0.15) is 0 Å². The smallest absolute Gasteiger partial charge is 0.336 e. The Morgan fingerprint density at radius 1 is 1.00 bits per heavy atom. The van der Waals surface area contributed by atoms with Crippen LogP contribution in [0.15, 0.2) is 65.1 Å². The monoisotopic (exact) mass is 399 g/mol. The average molecular weight is 399 g/mol. The van der Waals surface area contributed by atoms with Crippen molar-refractivity contribution in [3.05, 3.63) is 77.4 Å². The van der Waals surface area contributed by atoms with Crippen molar-refractivity contribution in [3.8, 4) is 22.8 Å². The first-order valence-corrected chi connectivity index (χ1v) is 10.4. The van der Waals surface area contributed by atoms with Gasteiger partial charge in [-0.1, -0.05) is 51.1 Å². The average Bonchev–Trinajstić information content (AvgIpc) is 3.27. The Morgan fingerprint density at radius 3 is 2.40 bits per heavy atom. The van der Waals surface area contributed by atoms with Crippen LogP contribution in [0.5, 0.6) is 0 Å². The van der Waals surface area contributed by atoms with E-state index >= 15 is 0 Å². The first-order valence-electron chi connectivity index (χ1n) is 10.4. The van der Waals surface area contributed by atoms with Crippen molar-refractivity contribution in [2.24, 2.45) is 0 Å². The van der Waals surface area contributed by atoms with Crippen molar-refractivity contribution in [2.45, 2.75) is 39.5 Å². The second-order valence-corrected chi connectivity index (χ2v) is 7.66. The van der Waals surface area contributed by atoms with Gasteiger partial charge in [-0.15, -0.1) is 0 Å². The van der Waals surface area contributed by atoms with E-state index in [1.807, 2.05) is 37.3 Å². The number of carboxylic acid groups (broad SMARTS) is 1. The molecule has 0 fully saturated rings. The standard InChI is InChI=1S/C26H25NO3/c1-4-16(3)18-7-9-19(10-8-18)24-12-13-25(30-24)23-15-21(26(28)29)20-14-17(5-2)6-11-22(20)27-23/h6-16H,4-5H2,1-3H3,(H,28,29)/t16-/m0/s1. The van der Waals surface area contributed by atoms with Crippen LogP contribution >= 0.6 is 0 Å². The van der Waals surface area contributed by atoms with Crippen LogP contribution in [-0.2, 0) is 6.42 Å². The molecule has 0 saturated carbocycles. The maximum atomic E-state index is 11.9. The third-order valence-corrected chi connectivity index (χ3v) is 5.75. The predicted molar refractivity (Wildman–Crippen MR) is 120 cm³/mol. The molecule has 0 amide bonds. The van der Waals surface area contributed by atoms with Crippen LogP contribution in [0, 0.1) is 0 Å². The minimum absolute atomic E-state index is 0.237. The molecular weight excluding hydrogens is 374 g/mol. The van der Waals surface area contributed by atoms with Crippen molar-refractivity contribution in [2.75, 3.05) is 0 Å². The minimum Gasteiger partial charge on any atom is -0.478 e. The van der Waals surface area contributed by atoms with Gasteiger partial charge >= 0.3 is 5.97 Å². The van der Waals surface area contributed by atoms with E-state index in [1.165, 1.54) is 5.56 Å². The van der Waals surface area contributed by atoms with Crippen LogP contribution in [-0.4, -0.2) is 16.1 Å². The number of carbonyl (C=O) groups is 1. The van der Waals surface area contributed by atoms with E-state index in [0.717, 1.165) is 29.7 Å². The van der Waals surface area contributed by atoms with E-state index in [9.17, 15) is 9.90 Å². The molecule has 0 bridgehead atoms. The number of aromatic carboxylic acids is 1.